The molecule has 12 nitrogen and oxygen atoms in total. The average molecular weight is 500 g/mol. The van der Waals surface area contributed by atoms with Gasteiger partial charge in [-0.05, 0) is 0 Å². The maximum atomic E-state index is 11.2. The maximum absolute atomic E-state index is 11.2. The van der Waals surface area contributed by atoms with Crippen LogP contribution in [0.2, 0.25) is 0 Å². The molecular weight excluding hydrogens is 468 g/mol. The first-order chi connectivity index (χ1) is 13.6. The van der Waals surface area contributed by atoms with Gasteiger partial charge >= 0.3 is 17.1 Å². The van der Waals surface area contributed by atoms with Gasteiger partial charge in [-0.25, -0.2) is 0 Å². The third kappa shape index (κ3) is 14.8. The van der Waals surface area contributed by atoms with Crippen molar-refractivity contribution in [1.29, 1.82) is 0 Å². The van der Waals surface area contributed by atoms with E-state index in [-0.39, 0.29) is 56.2 Å². The molecule has 31 heavy (non-hydrogen) atoms. The molecule has 6 N–H and O–H groups in total. The summed E-state index contributed by atoms with van der Waals surface area (Å²) in [6.07, 6.45) is -3.36. The van der Waals surface area contributed by atoms with Crippen molar-refractivity contribution in [2.45, 2.75) is 52.7 Å². The minimum Gasteiger partial charge on any atom is -0.550 e. The number of carbonyl (C=O) groups excluding carboxylic acids is 4. The van der Waals surface area contributed by atoms with Gasteiger partial charge in [-0.15, -0.1) is 0 Å². The van der Waals surface area contributed by atoms with Crippen molar-refractivity contribution in [1.82, 2.24) is 10.6 Å². The monoisotopic (exact) mass is 499 g/mol. The number of carbonyl (C=O) groups is 4. The van der Waals surface area contributed by atoms with Crippen LogP contribution in [-0.2, 0) is 36.2 Å². The molecule has 0 aliphatic carbocycles. The Morgan fingerprint density at radius 1 is 0.742 bits per heavy atom. The Bertz CT molecular complexity index is 534. The van der Waals surface area contributed by atoms with Gasteiger partial charge in [0.1, 0.15) is 12.2 Å². The number of aliphatic hydroxyl groups is 4. The van der Waals surface area contributed by atoms with E-state index in [2.05, 4.69) is 10.6 Å². The number of hydrogen-bond donors (Lipinski definition) is 6. The van der Waals surface area contributed by atoms with E-state index in [0.29, 0.717) is 0 Å². The SMILES string of the molecule is CC(C)(CO)C(O)C(=O)NCCC(=O)[O-].CC(C)(CO)[C@@H](O)C(=O)NCCC(=O)[O-].[Cu+2]. The van der Waals surface area contributed by atoms with Gasteiger partial charge in [0.15, 0.2) is 0 Å². The van der Waals surface area contributed by atoms with Crippen molar-refractivity contribution in [3.05, 3.63) is 0 Å². The molecule has 185 valence electrons. The van der Waals surface area contributed by atoms with E-state index in [4.69, 9.17) is 10.2 Å². The average Bonchev–Trinajstić information content (AvgIpc) is 2.66. The molecule has 13 heteroatoms. The van der Waals surface area contributed by atoms with Gasteiger partial charge in [0.05, 0.1) is 13.2 Å². The summed E-state index contributed by atoms with van der Waals surface area (Å²) in [6, 6.07) is 0. The summed E-state index contributed by atoms with van der Waals surface area (Å²) in [5.41, 5.74) is -1.91. The second kappa shape index (κ2) is 16.0. The normalized spacial score (nSPS) is 12.9. The number of amides is 2. The van der Waals surface area contributed by atoms with Crippen molar-refractivity contribution in [2.75, 3.05) is 26.3 Å². The molecule has 0 fully saturated rings. The topological polar surface area (TPSA) is 219 Å². The zero-order valence-electron chi connectivity index (χ0n) is 17.9. The molecule has 0 rings (SSSR count). The van der Waals surface area contributed by atoms with Crippen molar-refractivity contribution in [2.24, 2.45) is 10.8 Å². The molecule has 0 saturated carbocycles. The van der Waals surface area contributed by atoms with E-state index in [1.54, 1.807) is 0 Å². The summed E-state index contributed by atoms with van der Waals surface area (Å²) >= 11 is 0. The van der Waals surface area contributed by atoms with Crippen LogP contribution in [0.1, 0.15) is 40.5 Å². The van der Waals surface area contributed by atoms with Crippen LogP contribution in [0.3, 0.4) is 0 Å². The van der Waals surface area contributed by atoms with E-state index in [0.717, 1.165) is 0 Å². The van der Waals surface area contributed by atoms with Gasteiger partial charge in [0.2, 0.25) is 11.8 Å². The summed E-state index contributed by atoms with van der Waals surface area (Å²) in [4.78, 5) is 42.6. The Kier molecular flexibility index (Phi) is 17.4. The van der Waals surface area contributed by atoms with Gasteiger partial charge < -0.3 is 50.9 Å². The Balaban J connectivity index is -0.000000490. The van der Waals surface area contributed by atoms with Crippen LogP contribution < -0.4 is 20.8 Å². The Morgan fingerprint density at radius 3 is 1.19 bits per heavy atom. The van der Waals surface area contributed by atoms with Gasteiger partial charge in [-0.2, -0.15) is 0 Å². The van der Waals surface area contributed by atoms with E-state index >= 15 is 0 Å². The largest absolute Gasteiger partial charge is 2.00 e. The molecule has 2 atom stereocenters. The fraction of sp³-hybridized carbons (Fsp3) is 0.778. The number of nitrogens with one attached hydrogen (secondary N) is 2. The van der Waals surface area contributed by atoms with Crippen molar-refractivity contribution >= 4 is 23.8 Å². The fourth-order valence-corrected chi connectivity index (χ4v) is 1.65. The van der Waals surface area contributed by atoms with Gasteiger partial charge in [-0.3, -0.25) is 9.59 Å². The number of carboxylic acid groups (broad SMARTS) is 2. The molecule has 1 radical (unpaired) electrons. The van der Waals surface area contributed by atoms with Crippen molar-refractivity contribution in [3.63, 3.8) is 0 Å². The molecule has 0 saturated heterocycles. The predicted molar refractivity (Wildman–Crippen MR) is 99.0 cm³/mol. The summed E-state index contributed by atoms with van der Waals surface area (Å²) in [5, 5.41) is 61.3. The van der Waals surface area contributed by atoms with Crippen LogP contribution in [0.5, 0.6) is 0 Å². The summed E-state index contributed by atoms with van der Waals surface area (Å²) < 4.78 is 0. The maximum Gasteiger partial charge on any atom is 2.00 e. The molecular formula is C18H32CuN2O10. The minimum absolute atomic E-state index is 0. The van der Waals surface area contributed by atoms with E-state index < -0.39 is 46.8 Å². The molecule has 1 unspecified atom stereocenters. The van der Waals surface area contributed by atoms with Gasteiger partial charge in [0.25, 0.3) is 0 Å². The Hall–Kier alpha value is -1.76. The van der Waals surface area contributed by atoms with Gasteiger partial charge in [-0.1, -0.05) is 27.7 Å². The number of carboxylic acids is 2. The Morgan fingerprint density at radius 2 is 1.00 bits per heavy atom. The second-order valence-corrected chi connectivity index (χ2v) is 7.92. The first-order valence-corrected chi connectivity index (χ1v) is 9.15. The number of aliphatic hydroxyl groups excluding tert-OH is 4. The molecule has 0 spiro atoms. The van der Waals surface area contributed by atoms with Crippen molar-refractivity contribution < 1.29 is 66.9 Å². The predicted octanol–water partition coefficient (Wildman–Crippen LogP) is -4.76. The zero-order valence-corrected chi connectivity index (χ0v) is 18.9. The standard InChI is InChI=1S/2C9H17NO5.Cu/c2*1-9(2,5-11)7(14)8(15)10-4-3-6(12)13;/h2*7,11,14H,3-5H2,1-2H3,(H,10,15)(H,12,13);/q;;+2/p-2/t7-;;/m0../s1. The molecule has 0 aliphatic heterocycles. The van der Waals surface area contributed by atoms with E-state index in [9.17, 15) is 39.6 Å². The molecule has 0 aromatic heterocycles. The zero-order chi connectivity index (χ0) is 24.1. The van der Waals surface area contributed by atoms with Crippen LogP contribution in [0.25, 0.3) is 0 Å². The third-order valence-corrected chi connectivity index (χ3v) is 4.05. The first-order valence-electron chi connectivity index (χ1n) is 9.15. The first kappa shape index (κ1) is 33.9. The van der Waals surface area contributed by atoms with E-state index in [1.165, 1.54) is 27.7 Å². The number of aliphatic carboxylic acids is 2. The molecule has 0 aromatic carbocycles. The van der Waals surface area contributed by atoms with Gasteiger partial charge in [0, 0.05) is 48.7 Å². The summed E-state index contributed by atoms with van der Waals surface area (Å²) in [7, 11) is 0. The number of rotatable bonds is 12. The van der Waals surface area contributed by atoms with Crippen LogP contribution in [0.4, 0.5) is 0 Å². The van der Waals surface area contributed by atoms with E-state index in [1.807, 2.05) is 0 Å². The second-order valence-electron chi connectivity index (χ2n) is 7.92. The summed E-state index contributed by atoms with van der Waals surface area (Å²) in [6.45, 7) is 5.21. The quantitative estimate of drug-likeness (QED) is 0.141. The van der Waals surface area contributed by atoms with Crippen molar-refractivity contribution in [3.8, 4) is 0 Å². The van der Waals surface area contributed by atoms with Crippen LogP contribution in [0.15, 0.2) is 0 Å². The van der Waals surface area contributed by atoms with Crippen LogP contribution in [0, 0.1) is 10.8 Å². The smallest absolute Gasteiger partial charge is 0.550 e. The molecule has 2 amide bonds. The minimum atomic E-state index is -1.37. The fourth-order valence-electron chi connectivity index (χ4n) is 1.65. The summed E-state index contributed by atoms with van der Waals surface area (Å²) in [5.74, 6) is -3.94. The molecule has 0 heterocycles. The number of hydrogen-bond acceptors (Lipinski definition) is 10. The molecule has 0 bridgehead atoms. The molecule has 0 aromatic rings. The van der Waals surface area contributed by atoms with Crippen LogP contribution in [-0.4, -0.2) is 82.7 Å². The molecule has 0 aliphatic rings. The Labute approximate surface area is 191 Å². The van der Waals surface area contributed by atoms with Crippen LogP contribution >= 0.6 is 0 Å². The third-order valence-electron chi connectivity index (χ3n) is 4.05.